The fourth-order valence-electron chi connectivity index (χ4n) is 2.78. The van der Waals surface area contributed by atoms with E-state index in [1.54, 1.807) is 19.1 Å². The highest BCUT2D eigenvalue weighted by Crippen LogP contribution is 2.31. The highest BCUT2D eigenvalue weighted by molar-refractivity contribution is 6.80. The van der Waals surface area contributed by atoms with Crippen LogP contribution < -0.4 is 0 Å². The van der Waals surface area contributed by atoms with E-state index in [1.807, 2.05) is 18.2 Å². The van der Waals surface area contributed by atoms with Gasteiger partial charge >= 0.3 is 0 Å². The zero-order valence-electron chi connectivity index (χ0n) is 11.9. The van der Waals surface area contributed by atoms with Crippen LogP contribution in [0.3, 0.4) is 0 Å². The van der Waals surface area contributed by atoms with Crippen molar-refractivity contribution >= 4 is 24.6 Å². The van der Waals surface area contributed by atoms with Gasteiger partial charge in [-0.3, -0.25) is 4.79 Å². The molecular weight excluding hydrogens is 252 g/mol. The van der Waals surface area contributed by atoms with Gasteiger partial charge in [-0.1, -0.05) is 43.9 Å². The molecular formula is C16H20O2Si. The molecule has 0 aromatic heterocycles. The Morgan fingerprint density at radius 1 is 1.05 bits per heavy atom. The Morgan fingerprint density at radius 2 is 1.63 bits per heavy atom. The predicted molar refractivity (Wildman–Crippen MR) is 82.4 cm³/mol. The van der Waals surface area contributed by atoms with Gasteiger partial charge in [-0.15, -0.1) is 0 Å². The second-order valence-corrected chi connectivity index (χ2v) is 11.5. The number of fused-ring (bicyclic) bond motifs is 1. The number of phenolic OH excluding ortho intramolecular Hbond substituents is 1. The first-order valence-corrected chi connectivity index (χ1v) is 10.1. The van der Waals surface area contributed by atoms with Gasteiger partial charge in [0, 0.05) is 5.54 Å². The van der Waals surface area contributed by atoms with Gasteiger partial charge in [0.05, 0.1) is 8.07 Å². The van der Waals surface area contributed by atoms with Crippen LogP contribution in [0.15, 0.2) is 36.4 Å². The van der Waals surface area contributed by atoms with Crippen LogP contribution in [-0.4, -0.2) is 19.0 Å². The maximum Gasteiger partial charge on any atom is 0.134 e. The number of aromatic hydroxyl groups is 1. The summed E-state index contributed by atoms with van der Waals surface area (Å²) in [7, 11) is -1.59. The highest BCUT2D eigenvalue weighted by Gasteiger charge is 2.31. The molecule has 0 fully saturated rings. The van der Waals surface area contributed by atoms with Gasteiger partial charge in [-0.25, -0.2) is 0 Å². The van der Waals surface area contributed by atoms with Crippen LogP contribution in [0.25, 0.3) is 10.8 Å². The molecule has 19 heavy (non-hydrogen) atoms. The van der Waals surface area contributed by atoms with E-state index >= 15 is 0 Å². The maximum absolute atomic E-state index is 12.0. The minimum Gasteiger partial charge on any atom is -0.508 e. The van der Waals surface area contributed by atoms with Gasteiger partial charge < -0.3 is 5.11 Å². The fourth-order valence-corrected chi connectivity index (χ4v) is 5.17. The molecule has 1 unspecified atom stereocenters. The monoisotopic (exact) mass is 272 g/mol. The first-order valence-electron chi connectivity index (χ1n) is 6.52. The lowest BCUT2D eigenvalue weighted by molar-refractivity contribution is -0.116. The van der Waals surface area contributed by atoms with Crippen molar-refractivity contribution in [2.45, 2.75) is 32.1 Å². The molecule has 100 valence electrons. The molecule has 0 saturated heterocycles. The summed E-state index contributed by atoms with van der Waals surface area (Å²) in [6, 6.07) is 11.4. The molecule has 1 atom stereocenters. The number of hydrogen-bond donors (Lipinski definition) is 1. The van der Waals surface area contributed by atoms with Crippen LogP contribution in [0.1, 0.15) is 18.0 Å². The van der Waals surface area contributed by atoms with E-state index in [2.05, 4.69) is 25.7 Å². The van der Waals surface area contributed by atoms with Crippen LogP contribution in [0, 0.1) is 0 Å². The Morgan fingerprint density at radius 3 is 2.21 bits per heavy atom. The molecule has 0 saturated carbocycles. The molecule has 3 heteroatoms. The smallest absolute Gasteiger partial charge is 0.134 e. The van der Waals surface area contributed by atoms with E-state index in [-0.39, 0.29) is 17.1 Å². The third-order valence-electron chi connectivity index (χ3n) is 3.45. The van der Waals surface area contributed by atoms with Crippen molar-refractivity contribution in [3.8, 4) is 5.75 Å². The molecule has 2 rings (SSSR count). The third kappa shape index (κ3) is 2.87. The Kier molecular flexibility index (Phi) is 3.50. The first-order chi connectivity index (χ1) is 8.79. The second-order valence-electron chi connectivity index (χ2n) is 6.20. The molecule has 0 heterocycles. The topological polar surface area (TPSA) is 37.3 Å². The van der Waals surface area contributed by atoms with Crippen molar-refractivity contribution in [2.75, 3.05) is 0 Å². The lowest BCUT2D eigenvalue weighted by atomic mass is 10.0. The highest BCUT2D eigenvalue weighted by atomic mass is 28.3. The Balaban J connectivity index is 2.56. The number of Topliss-reactive ketones (excluding diaryl/α,β-unsaturated/α-hetero) is 1. The predicted octanol–water partition coefficient (Wildman–Crippen LogP) is 4.10. The summed E-state index contributed by atoms with van der Waals surface area (Å²) in [4.78, 5) is 12.0. The summed E-state index contributed by atoms with van der Waals surface area (Å²) in [6.07, 6.45) is 0. The summed E-state index contributed by atoms with van der Waals surface area (Å²) >= 11 is 0. The maximum atomic E-state index is 12.0. The van der Waals surface area contributed by atoms with Crippen molar-refractivity contribution in [2.24, 2.45) is 0 Å². The lowest BCUT2D eigenvalue weighted by Crippen LogP contribution is -2.35. The average Bonchev–Trinajstić information content (AvgIpc) is 2.27. The van der Waals surface area contributed by atoms with Crippen LogP contribution in [0.2, 0.25) is 19.6 Å². The molecule has 2 nitrogen and oxygen atoms in total. The molecule has 0 bridgehead atoms. The first kappa shape index (κ1) is 13.8. The summed E-state index contributed by atoms with van der Waals surface area (Å²) in [5.41, 5.74) is 1.13. The van der Waals surface area contributed by atoms with Crippen molar-refractivity contribution in [1.82, 2.24) is 0 Å². The van der Waals surface area contributed by atoms with Gasteiger partial charge in [-0.2, -0.15) is 0 Å². The minimum absolute atomic E-state index is 0.0331. The van der Waals surface area contributed by atoms with E-state index in [4.69, 9.17) is 0 Å². The van der Waals surface area contributed by atoms with Crippen molar-refractivity contribution in [3.63, 3.8) is 0 Å². The Hall–Kier alpha value is -1.61. The number of hydrogen-bond acceptors (Lipinski definition) is 2. The molecule has 0 aliphatic rings. The molecule has 0 amide bonds. The third-order valence-corrected chi connectivity index (χ3v) is 5.93. The van der Waals surface area contributed by atoms with Crippen LogP contribution in [0.5, 0.6) is 5.75 Å². The van der Waals surface area contributed by atoms with Gasteiger partial charge in [0.1, 0.15) is 11.5 Å². The summed E-state index contributed by atoms with van der Waals surface area (Å²) in [6.45, 7) is 8.35. The van der Waals surface area contributed by atoms with Crippen molar-refractivity contribution < 1.29 is 9.90 Å². The SMILES string of the molecule is CC(=O)C(c1ccc2cc(O)ccc2c1)[Si](C)(C)C. The largest absolute Gasteiger partial charge is 0.508 e. The Labute approximate surface area is 115 Å². The number of ketones is 1. The summed E-state index contributed by atoms with van der Waals surface area (Å²) in [5.74, 6) is 0.519. The molecule has 0 spiro atoms. The molecule has 0 radical (unpaired) electrons. The summed E-state index contributed by atoms with van der Waals surface area (Å²) in [5, 5.41) is 11.5. The Bertz CT molecular complexity index is 626. The second kappa shape index (κ2) is 4.81. The van der Waals surface area contributed by atoms with Gasteiger partial charge in [0.15, 0.2) is 0 Å². The average molecular weight is 272 g/mol. The molecule has 2 aromatic rings. The standard InChI is InChI=1S/C16H20O2Si/c1-11(17)16(19(2,3)4)14-6-5-13-10-15(18)8-7-12(13)9-14/h5-10,16,18H,1-4H3. The molecule has 0 aliphatic heterocycles. The number of carbonyl (C=O) groups excluding carboxylic acids is 1. The molecule has 1 N–H and O–H groups in total. The van der Waals surface area contributed by atoms with E-state index in [0.717, 1.165) is 16.3 Å². The van der Waals surface area contributed by atoms with Crippen molar-refractivity contribution in [3.05, 3.63) is 42.0 Å². The summed E-state index contributed by atoms with van der Waals surface area (Å²) < 4.78 is 0. The van der Waals surface area contributed by atoms with E-state index < -0.39 is 8.07 Å². The van der Waals surface area contributed by atoms with Crippen LogP contribution >= 0.6 is 0 Å². The fraction of sp³-hybridized carbons (Fsp3) is 0.312. The molecule has 0 aliphatic carbocycles. The molecule has 2 aromatic carbocycles. The number of phenols is 1. The van der Waals surface area contributed by atoms with E-state index in [9.17, 15) is 9.90 Å². The van der Waals surface area contributed by atoms with Crippen LogP contribution in [0.4, 0.5) is 0 Å². The van der Waals surface area contributed by atoms with Gasteiger partial charge in [0.25, 0.3) is 0 Å². The zero-order chi connectivity index (χ0) is 14.2. The minimum atomic E-state index is -1.59. The van der Waals surface area contributed by atoms with Crippen molar-refractivity contribution in [1.29, 1.82) is 0 Å². The van der Waals surface area contributed by atoms with E-state index in [1.165, 1.54) is 0 Å². The quantitative estimate of drug-likeness (QED) is 0.854. The number of carbonyl (C=O) groups is 1. The van der Waals surface area contributed by atoms with Gasteiger partial charge in [0.2, 0.25) is 0 Å². The normalized spacial score (nSPS) is 13.5. The zero-order valence-corrected chi connectivity index (χ0v) is 12.9. The van der Waals surface area contributed by atoms with Gasteiger partial charge in [-0.05, 0) is 35.4 Å². The number of benzene rings is 2. The number of rotatable bonds is 3. The van der Waals surface area contributed by atoms with E-state index in [0.29, 0.717) is 0 Å². The lowest BCUT2D eigenvalue weighted by Gasteiger charge is -2.27. The van der Waals surface area contributed by atoms with Crippen LogP contribution in [-0.2, 0) is 4.79 Å².